The van der Waals surface area contributed by atoms with E-state index in [-0.39, 0.29) is 12.4 Å². The molecule has 0 aliphatic heterocycles. The summed E-state index contributed by atoms with van der Waals surface area (Å²) in [6.07, 6.45) is 51.8. The number of aromatic nitrogens is 2. The minimum atomic E-state index is -0.204. The maximum Gasteiger partial charge on any atom is 0.330 e. The lowest BCUT2D eigenvalue weighted by Gasteiger charge is -2.21. The fraction of sp³-hybridized carbons (Fsp3) is 0.707. The first kappa shape index (κ1) is 41.6. The van der Waals surface area contributed by atoms with E-state index < -0.39 is 0 Å². The lowest BCUT2D eigenvalue weighted by atomic mass is 10.1. The monoisotopic (exact) mass is 638 g/mol. The van der Waals surface area contributed by atoms with Gasteiger partial charge in [-0.3, -0.25) is 0 Å². The number of hydroxylamine groups is 2. The van der Waals surface area contributed by atoms with E-state index >= 15 is 0 Å². The van der Waals surface area contributed by atoms with E-state index in [1.54, 1.807) is 12.5 Å². The molecule has 0 saturated heterocycles. The quantitative estimate of drug-likeness (QED) is 0.0473. The maximum atomic E-state index is 12.5. The predicted octanol–water partition coefficient (Wildman–Crippen LogP) is 12.3. The first-order chi connectivity index (χ1) is 22.8. The Morgan fingerprint density at radius 2 is 1.02 bits per heavy atom. The van der Waals surface area contributed by atoms with E-state index in [9.17, 15) is 4.79 Å². The van der Waals surface area contributed by atoms with Crippen molar-refractivity contribution in [2.24, 2.45) is 0 Å². The van der Waals surface area contributed by atoms with Gasteiger partial charge in [-0.1, -0.05) is 140 Å². The van der Waals surface area contributed by atoms with Gasteiger partial charge in [0.1, 0.15) is 0 Å². The van der Waals surface area contributed by atoms with E-state index in [0.29, 0.717) is 0 Å². The summed E-state index contributed by atoms with van der Waals surface area (Å²) in [7, 11) is 0. The van der Waals surface area contributed by atoms with Gasteiger partial charge in [0.15, 0.2) is 0 Å². The number of H-pyrrole nitrogens is 1. The summed E-state index contributed by atoms with van der Waals surface area (Å²) < 4.78 is 0. The highest BCUT2D eigenvalue weighted by Gasteiger charge is 2.13. The molecule has 5 heteroatoms. The molecule has 1 heterocycles. The van der Waals surface area contributed by atoms with Crippen LogP contribution in [-0.2, 0) is 16.1 Å². The summed E-state index contributed by atoms with van der Waals surface area (Å²) in [6, 6.07) is 0. The molecule has 5 nitrogen and oxygen atoms in total. The highest BCUT2D eigenvalue weighted by molar-refractivity contribution is 5.71. The molecule has 0 atom stereocenters. The fourth-order valence-electron chi connectivity index (χ4n) is 5.47. The third kappa shape index (κ3) is 29.0. The minimum Gasteiger partial charge on any atom is -0.368 e. The Hall–Kier alpha value is -2.40. The van der Waals surface area contributed by atoms with Crippen molar-refractivity contribution < 1.29 is 9.63 Å². The molecule has 0 aliphatic carbocycles. The molecule has 0 amide bonds. The van der Waals surface area contributed by atoms with Crippen LogP contribution in [-0.4, -0.2) is 34.1 Å². The Labute approximate surface area is 284 Å². The van der Waals surface area contributed by atoms with Gasteiger partial charge < -0.3 is 9.82 Å². The van der Waals surface area contributed by atoms with Crippen LogP contribution in [0.1, 0.15) is 174 Å². The molecule has 0 spiro atoms. The number of unbranched alkanes of at least 4 members (excludes halogenated alkanes) is 18. The molecule has 0 bridgehead atoms. The van der Waals surface area contributed by atoms with Crippen LogP contribution in [0.15, 0.2) is 61.1 Å². The fourth-order valence-corrected chi connectivity index (χ4v) is 5.47. The van der Waals surface area contributed by atoms with Gasteiger partial charge in [-0.05, 0) is 77.0 Å². The molecule has 262 valence electrons. The van der Waals surface area contributed by atoms with E-state index in [0.717, 1.165) is 44.5 Å². The van der Waals surface area contributed by atoms with Crippen molar-refractivity contribution >= 4 is 5.97 Å². The van der Waals surface area contributed by atoms with Crippen molar-refractivity contribution in [3.8, 4) is 0 Å². The van der Waals surface area contributed by atoms with Crippen molar-refractivity contribution in [3.63, 3.8) is 0 Å². The number of carbonyl (C=O) groups excluding carboxylic acids is 1. The molecule has 1 aromatic rings. The van der Waals surface area contributed by atoms with E-state index in [1.165, 1.54) is 128 Å². The number of imidazole rings is 1. The zero-order valence-electron chi connectivity index (χ0n) is 30.1. The maximum absolute atomic E-state index is 12.5. The van der Waals surface area contributed by atoms with Crippen molar-refractivity contribution in [1.29, 1.82) is 0 Å². The molecule has 0 fully saturated rings. The molecule has 1 rings (SSSR count). The largest absolute Gasteiger partial charge is 0.368 e. The summed E-state index contributed by atoms with van der Waals surface area (Å²) in [5.41, 5.74) is 0.799. The third-order valence-electron chi connectivity index (χ3n) is 8.34. The average Bonchev–Trinajstić information content (AvgIpc) is 3.57. The lowest BCUT2D eigenvalue weighted by molar-refractivity contribution is -0.190. The molecule has 0 radical (unpaired) electrons. The number of nitrogens with zero attached hydrogens (tertiary/aromatic N) is 2. The molecule has 1 aromatic heterocycles. The summed E-state index contributed by atoms with van der Waals surface area (Å²) in [6.45, 7) is 6.16. The molecular weight excluding hydrogens is 566 g/mol. The van der Waals surface area contributed by atoms with E-state index in [1.807, 2.05) is 5.06 Å². The van der Waals surface area contributed by atoms with Crippen LogP contribution in [0.25, 0.3) is 0 Å². The Bertz CT molecular complexity index is 840. The van der Waals surface area contributed by atoms with E-state index in [2.05, 4.69) is 72.4 Å². The first-order valence-electron chi connectivity index (χ1n) is 19.3. The molecular formula is C41H71N3O2. The van der Waals surface area contributed by atoms with Crippen LogP contribution in [0.3, 0.4) is 0 Å². The Balaban J connectivity index is 2.13. The van der Waals surface area contributed by atoms with Gasteiger partial charge in [0, 0.05) is 25.0 Å². The highest BCUT2D eigenvalue weighted by atomic mass is 16.7. The Morgan fingerprint density at radius 3 is 1.43 bits per heavy atom. The van der Waals surface area contributed by atoms with Gasteiger partial charge in [0.05, 0.1) is 12.7 Å². The molecule has 46 heavy (non-hydrogen) atoms. The van der Waals surface area contributed by atoms with Crippen LogP contribution >= 0.6 is 0 Å². The molecule has 0 aliphatic rings. The number of carbonyl (C=O) groups is 1. The Morgan fingerprint density at radius 1 is 0.609 bits per heavy atom. The highest BCUT2D eigenvalue weighted by Crippen LogP contribution is 2.12. The minimum absolute atomic E-state index is 0.204. The van der Waals surface area contributed by atoms with Crippen molar-refractivity contribution in [3.05, 3.63) is 66.8 Å². The van der Waals surface area contributed by atoms with Crippen LogP contribution in [0.2, 0.25) is 0 Å². The van der Waals surface area contributed by atoms with Crippen LogP contribution < -0.4 is 0 Å². The van der Waals surface area contributed by atoms with Gasteiger partial charge in [-0.2, -0.15) is 0 Å². The second-order valence-electron chi connectivity index (χ2n) is 12.8. The Kier molecular flexibility index (Phi) is 30.7. The SMILES string of the molecule is CCCCC/C=C\C/C=C\CCCCCCCCN(CCCCCCCC/C=C\C/C=C\CCCCC)OC(=O)Cc1cnc[nH]1. The normalized spacial score (nSPS) is 12.2. The number of hydrogen-bond acceptors (Lipinski definition) is 4. The second kappa shape index (κ2) is 33.9. The van der Waals surface area contributed by atoms with Gasteiger partial charge in [0.25, 0.3) is 0 Å². The van der Waals surface area contributed by atoms with E-state index in [4.69, 9.17) is 4.84 Å². The first-order valence-corrected chi connectivity index (χ1v) is 19.3. The molecule has 0 aromatic carbocycles. The van der Waals surface area contributed by atoms with Crippen molar-refractivity contribution in [2.75, 3.05) is 13.1 Å². The summed E-state index contributed by atoms with van der Waals surface area (Å²) in [4.78, 5) is 25.3. The van der Waals surface area contributed by atoms with Crippen molar-refractivity contribution in [2.45, 2.75) is 174 Å². The van der Waals surface area contributed by atoms with Crippen LogP contribution in [0.5, 0.6) is 0 Å². The molecule has 0 unspecified atom stereocenters. The van der Waals surface area contributed by atoms with Crippen LogP contribution in [0.4, 0.5) is 0 Å². The smallest absolute Gasteiger partial charge is 0.330 e. The predicted molar refractivity (Wildman–Crippen MR) is 199 cm³/mol. The zero-order chi connectivity index (χ0) is 33.0. The number of aromatic amines is 1. The summed E-state index contributed by atoms with van der Waals surface area (Å²) >= 11 is 0. The van der Waals surface area contributed by atoms with Crippen molar-refractivity contribution in [1.82, 2.24) is 15.0 Å². The standard InChI is InChI=1S/C41H71N3O2/c1-3-5-7-9-11-13-15-17-19-21-23-25-27-29-31-33-35-44(46-41(45)37-40-38-42-39-43-40)36-34-32-30-28-26-24-22-20-18-16-14-12-10-8-6-4-2/h11-14,17-20,38-39H,3-10,15-16,21-37H2,1-2H3,(H,42,43)/b13-11-,14-12-,19-17-,20-18-. The van der Waals surface area contributed by atoms with Crippen LogP contribution in [0, 0.1) is 0 Å². The van der Waals surface area contributed by atoms with Gasteiger partial charge in [-0.15, -0.1) is 5.06 Å². The third-order valence-corrected chi connectivity index (χ3v) is 8.34. The number of rotatable bonds is 33. The molecule has 1 N–H and O–H groups in total. The van der Waals surface area contributed by atoms with Gasteiger partial charge in [-0.25, -0.2) is 9.78 Å². The van der Waals surface area contributed by atoms with Gasteiger partial charge in [0.2, 0.25) is 0 Å². The zero-order valence-corrected chi connectivity index (χ0v) is 30.1. The summed E-state index contributed by atoms with van der Waals surface area (Å²) in [5, 5.41) is 1.92. The van der Waals surface area contributed by atoms with Gasteiger partial charge >= 0.3 is 5.97 Å². The number of nitrogens with one attached hydrogen (secondary N) is 1. The lowest BCUT2D eigenvalue weighted by Crippen LogP contribution is -2.30. The molecule has 0 saturated carbocycles. The summed E-state index contributed by atoms with van der Waals surface area (Å²) in [5.74, 6) is -0.204. The number of allylic oxidation sites excluding steroid dienone is 8. The average molecular weight is 638 g/mol. The number of hydrogen-bond donors (Lipinski definition) is 1. The topological polar surface area (TPSA) is 58.2 Å². The second-order valence-corrected chi connectivity index (χ2v) is 12.8.